The van der Waals surface area contributed by atoms with Crippen LogP contribution >= 0.6 is 46.4 Å². The number of esters is 2. The minimum atomic E-state index is -0.966. The summed E-state index contributed by atoms with van der Waals surface area (Å²) < 4.78 is 21.5. The molecule has 1 aromatic heterocycles. The molecule has 0 aliphatic rings. The van der Waals surface area contributed by atoms with Crippen LogP contribution in [0.2, 0.25) is 20.1 Å². The molecule has 0 amide bonds. The van der Waals surface area contributed by atoms with Crippen LogP contribution in [0.4, 0.5) is 0 Å². The Bertz CT molecular complexity index is 1650. The molecule has 0 N–H and O–H groups in total. The number of hydrogen-bond donors (Lipinski definition) is 0. The maximum atomic E-state index is 12.7. The zero-order valence-electron chi connectivity index (χ0n) is 21.1. The minimum Gasteiger partial charge on any atom is -0.480 e. The molecule has 210 valence electrons. The molecular formula is C29H15Cl4N3O6. The van der Waals surface area contributed by atoms with Gasteiger partial charge in [-0.15, -0.1) is 0 Å². The number of nitriles is 2. The summed E-state index contributed by atoms with van der Waals surface area (Å²) >= 11 is 23.9. The van der Waals surface area contributed by atoms with Gasteiger partial charge in [-0.1, -0.05) is 76.7 Å². The molecule has 0 spiro atoms. The topological polar surface area (TPSA) is 132 Å². The Morgan fingerprint density at radius 2 is 1.14 bits per heavy atom. The van der Waals surface area contributed by atoms with E-state index in [9.17, 15) is 20.1 Å². The van der Waals surface area contributed by atoms with Crippen LogP contribution in [0.3, 0.4) is 0 Å². The molecule has 0 unspecified atom stereocenters. The summed E-state index contributed by atoms with van der Waals surface area (Å²) in [5, 5.41) is 21.0. The van der Waals surface area contributed by atoms with Crippen molar-refractivity contribution in [2.24, 2.45) is 0 Å². The summed E-state index contributed by atoms with van der Waals surface area (Å²) in [7, 11) is 0. The maximum absolute atomic E-state index is 12.7. The Hall–Kier alpha value is -4.51. The number of ether oxygens (including phenoxy) is 4. The van der Waals surface area contributed by atoms with Crippen LogP contribution in [0.25, 0.3) is 11.1 Å². The molecule has 0 fully saturated rings. The highest BCUT2D eigenvalue weighted by molar-refractivity contribution is 6.36. The highest BCUT2D eigenvalue weighted by atomic mass is 35.5. The van der Waals surface area contributed by atoms with Crippen LogP contribution in [0.15, 0.2) is 66.7 Å². The molecule has 0 radical (unpaired) electrons. The van der Waals surface area contributed by atoms with E-state index in [-0.39, 0.29) is 38.2 Å². The zero-order valence-corrected chi connectivity index (χ0v) is 24.1. The van der Waals surface area contributed by atoms with Gasteiger partial charge in [-0.25, -0.2) is 9.59 Å². The molecule has 4 aromatic rings. The second kappa shape index (κ2) is 13.9. The first-order chi connectivity index (χ1) is 20.2. The summed E-state index contributed by atoms with van der Waals surface area (Å²) in [6.45, 7) is -1.25. The van der Waals surface area contributed by atoms with Crippen molar-refractivity contribution in [3.63, 3.8) is 0 Å². The van der Waals surface area contributed by atoms with E-state index < -0.39 is 36.9 Å². The van der Waals surface area contributed by atoms with Gasteiger partial charge in [0.05, 0.1) is 10.0 Å². The van der Waals surface area contributed by atoms with E-state index >= 15 is 0 Å². The highest BCUT2D eigenvalue weighted by Crippen LogP contribution is 2.37. The standard InChI is InChI=1S/C29H15Cl4N3O6/c30-17-6-8-23(21(32)10-17)39-14-25(37)41-28-19(12-34)27(16-4-2-1-3-5-16)20(13-35)29(36-28)42-26(38)15-40-24-9-7-18(31)11-22(24)33/h1-11H,14-15H2. The minimum absolute atomic E-state index is 0.0320. The van der Waals surface area contributed by atoms with E-state index in [2.05, 4.69) is 4.98 Å². The van der Waals surface area contributed by atoms with Crippen molar-refractivity contribution in [1.82, 2.24) is 4.98 Å². The molecule has 0 aliphatic carbocycles. The van der Waals surface area contributed by atoms with Gasteiger partial charge >= 0.3 is 11.9 Å². The number of pyridine rings is 1. The second-order valence-electron chi connectivity index (χ2n) is 8.11. The van der Waals surface area contributed by atoms with E-state index in [0.717, 1.165) is 0 Å². The molecule has 0 saturated heterocycles. The van der Waals surface area contributed by atoms with Gasteiger partial charge in [0.2, 0.25) is 11.8 Å². The van der Waals surface area contributed by atoms with Crippen molar-refractivity contribution >= 4 is 58.3 Å². The van der Waals surface area contributed by atoms with Crippen LogP contribution < -0.4 is 18.9 Å². The third-order valence-electron chi connectivity index (χ3n) is 5.32. The van der Waals surface area contributed by atoms with Gasteiger partial charge in [0.25, 0.3) is 0 Å². The fourth-order valence-corrected chi connectivity index (χ4v) is 4.45. The van der Waals surface area contributed by atoms with E-state index in [1.54, 1.807) is 30.3 Å². The monoisotopic (exact) mass is 641 g/mol. The van der Waals surface area contributed by atoms with Crippen LogP contribution in [0, 0.1) is 22.7 Å². The first-order valence-corrected chi connectivity index (χ1v) is 13.2. The van der Waals surface area contributed by atoms with Crippen molar-refractivity contribution in [2.75, 3.05) is 13.2 Å². The van der Waals surface area contributed by atoms with Gasteiger partial charge < -0.3 is 18.9 Å². The summed E-state index contributed by atoms with van der Waals surface area (Å²) in [5.74, 6) is -2.65. The van der Waals surface area contributed by atoms with Crippen LogP contribution in [-0.4, -0.2) is 30.1 Å². The SMILES string of the molecule is N#Cc1c(OC(=O)COc2ccc(Cl)cc2Cl)nc(OC(=O)COc2ccc(Cl)cc2Cl)c(C#N)c1-c1ccccc1. The summed E-state index contributed by atoms with van der Waals surface area (Å²) in [4.78, 5) is 29.4. The van der Waals surface area contributed by atoms with Crippen molar-refractivity contribution in [1.29, 1.82) is 10.5 Å². The highest BCUT2D eigenvalue weighted by Gasteiger charge is 2.26. The quantitative estimate of drug-likeness (QED) is 0.176. The van der Waals surface area contributed by atoms with E-state index in [1.807, 2.05) is 12.1 Å². The van der Waals surface area contributed by atoms with Gasteiger partial charge in [0.15, 0.2) is 13.2 Å². The Morgan fingerprint density at radius 3 is 1.55 bits per heavy atom. The van der Waals surface area contributed by atoms with Crippen LogP contribution in [0.5, 0.6) is 23.3 Å². The Balaban J connectivity index is 1.64. The average Bonchev–Trinajstić information content (AvgIpc) is 2.96. The summed E-state index contributed by atoms with van der Waals surface area (Å²) in [5.41, 5.74) is -0.0697. The number of carbonyl (C=O) groups excluding carboxylic acids is 2. The van der Waals surface area contributed by atoms with Crippen molar-refractivity contribution in [3.8, 4) is 46.5 Å². The molecule has 13 heteroatoms. The average molecular weight is 643 g/mol. The molecular weight excluding hydrogens is 628 g/mol. The molecule has 42 heavy (non-hydrogen) atoms. The second-order valence-corrected chi connectivity index (χ2v) is 9.80. The van der Waals surface area contributed by atoms with Crippen LogP contribution in [-0.2, 0) is 9.59 Å². The lowest BCUT2D eigenvalue weighted by molar-refractivity contribution is -0.137. The lowest BCUT2D eigenvalue weighted by Crippen LogP contribution is -2.21. The Labute approximate surface area is 259 Å². The smallest absolute Gasteiger partial charge is 0.350 e. The molecule has 1 heterocycles. The number of halogens is 4. The Kier molecular flexibility index (Phi) is 10.1. The van der Waals surface area contributed by atoms with E-state index in [0.29, 0.717) is 15.6 Å². The largest absolute Gasteiger partial charge is 0.480 e. The summed E-state index contributed by atoms with van der Waals surface area (Å²) in [6.07, 6.45) is 0. The number of aromatic nitrogens is 1. The fraction of sp³-hybridized carbons (Fsp3) is 0.0690. The zero-order chi connectivity index (χ0) is 30.2. The third-order valence-corrected chi connectivity index (χ3v) is 6.38. The number of carbonyl (C=O) groups is 2. The van der Waals surface area contributed by atoms with E-state index in [1.165, 1.54) is 36.4 Å². The normalized spacial score (nSPS) is 10.2. The lowest BCUT2D eigenvalue weighted by atomic mass is 9.97. The van der Waals surface area contributed by atoms with Crippen molar-refractivity contribution in [3.05, 3.63) is 97.9 Å². The molecule has 0 aliphatic heterocycles. The first-order valence-electron chi connectivity index (χ1n) is 11.7. The molecule has 0 atom stereocenters. The third kappa shape index (κ3) is 7.41. The van der Waals surface area contributed by atoms with Crippen molar-refractivity contribution < 1.29 is 28.5 Å². The Morgan fingerprint density at radius 1 is 0.690 bits per heavy atom. The predicted octanol–water partition coefficient (Wildman–Crippen LogP) is 7.07. The predicted molar refractivity (Wildman–Crippen MR) is 154 cm³/mol. The number of hydrogen-bond acceptors (Lipinski definition) is 9. The fourth-order valence-electron chi connectivity index (χ4n) is 3.52. The van der Waals surface area contributed by atoms with Gasteiger partial charge in [-0.3, -0.25) is 0 Å². The van der Waals surface area contributed by atoms with Gasteiger partial charge in [-0.05, 0) is 42.0 Å². The number of rotatable bonds is 9. The molecule has 0 bridgehead atoms. The number of benzene rings is 3. The maximum Gasteiger partial charge on any atom is 0.350 e. The number of nitrogens with zero attached hydrogens (tertiary/aromatic N) is 3. The van der Waals surface area contributed by atoms with Crippen molar-refractivity contribution in [2.45, 2.75) is 0 Å². The lowest BCUT2D eigenvalue weighted by Gasteiger charge is -2.15. The van der Waals surface area contributed by atoms with Gasteiger partial charge in [-0.2, -0.15) is 15.5 Å². The molecule has 9 nitrogen and oxygen atoms in total. The van der Waals surface area contributed by atoms with E-state index in [4.69, 9.17) is 65.4 Å². The molecule has 3 aromatic carbocycles. The summed E-state index contributed by atoms with van der Waals surface area (Å²) in [6, 6.07) is 20.9. The molecule has 0 saturated carbocycles. The van der Waals surface area contributed by atoms with Gasteiger partial charge in [0, 0.05) is 15.6 Å². The van der Waals surface area contributed by atoms with Crippen LogP contribution in [0.1, 0.15) is 11.1 Å². The molecule has 4 rings (SSSR count). The van der Waals surface area contributed by atoms with Gasteiger partial charge in [0.1, 0.15) is 34.8 Å². The first kappa shape index (κ1) is 30.4.